The molecule has 0 saturated heterocycles. The lowest BCUT2D eigenvalue weighted by Crippen LogP contribution is -1.96. The zero-order valence-corrected chi connectivity index (χ0v) is 14.4. The normalized spacial score (nSPS) is 11.1. The van der Waals surface area contributed by atoms with Crippen LogP contribution in [0, 0.1) is 20.8 Å². The highest BCUT2D eigenvalue weighted by Crippen LogP contribution is 2.31. The van der Waals surface area contributed by atoms with Crippen molar-refractivity contribution in [3.05, 3.63) is 56.6 Å². The van der Waals surface area contributed by atoms with Crippen molar-refractivity contribution in [1.29, 1.82) is 0 Å². The van der Waals surface area contributed by atoms with Crippen molar-refractivity contribution in [3.63, 3.8) is 0 Å². The molecule has 0 spiro atoms. The van der Waals surface area contributed by atoms with Gasteiger partial charge in [-0.15, -0.1) is 0 Å². The Bertz CT molecular complexity index is 859. The molecule has 0 radical (unpaired) electrons. The van der Waals surface area contributed by atoms with Crippen LogP contribution in [0.3, 0.4) is 0 Å². The lowest BCUT2D eigenvalue weighted by molar-refractivity contribution is 1.20. The van der Waals surface area contributed by atoms with Crippen LogP contribution in [0.5, 0.6) is 0 Å². The first-order valence-electron chi connectivity index (χ1n) is 6.67. The SMILES string of the molecule is Cc1ccc(-c2nc(Cl)c3ccc(Br)c(C)c3n2)c(C)c1. The summed E-state index contributed by atoms with van der Waals surface area (Å²) in [7, 11) is 0. The number of rotatable bonds is 1. The molecule has 0 fully saturated rings. The van der Waals surface area contributed by atoms with Crippen LogP contribution in [-0.2, 0) is 0 Å². The van der Waals surface area contributed by atoms with Gasteiger partial charge in [-0.2, -0.15) is 0 Å². The number of aryl methyl sites for hydroxylation is 3. The van der Waals surface area contributed by atoms with Crippen LogP contribution >= 0.6 is 27.5 Å². The maximum absolute atomic E-state index is 6.35. The fourth-order valence-corrected chi connectivity index (χ4v) is 3.01. The maximum atomic E-state index is 6.35. The molecule has 0 bridgehead atoms. The van der Waals surface area contributed by atoms with E-state index in [0.29, 0.717) is 11.0 Å². The monoisotopic (exact) mass is 360 g/mol. The molecule has 3 rings (SSSR count). The Hall–Kier alpha value is -1.45. The van der Waals surface area contributed by atoms with Crippen molar-refractivity contribution in [2.75, 3.05) is 0 Å². The summed E-state index contributed by atoms with van der Waals surface area (Å²) in [6.45, 7) is 6.17. The van der Waals surface area contributed by atoms with Gasteiger partial charge >= 0.3 is 0 Å². The van der Waals surface area contributed by atoms with Crippen molar-refractivity contribution >= 4 is 38.4 Å². The summed E-state index contributed by atoms with van der Waals surface area (Å²) >= 11 is 9.90. The van der Waals surface area contributed by atoms with Gasteiger partial charge in [0, 0.05) is 15.4 Å². The van der Waals surface area contributed by atoms with Gasteiger partial charge in [0.25, 0.3) is 0 Å². The highest BCUT2D eigenvalue weighted by Gasteiger charge is 2.12. The number of hydrogen-bond acceptors (Lipinski definition) is 2. The molecule has 0 amide bonds. The van der Waals surface area contributed by atoms with Crippen LogP contribution in [0.2, 0.25) is 5.15 Å². The topological polar surface area (TPSA) is 25.8 Å². The highest BCUT2D eigenvalue weighted by atomic mass is 79.9. The van der Waals surface area contributed by atoms with Crippen LogP contribution in [0.25, 0.3) is 22.3 Å². The fraction of sp³-hybridized carbons (Fsp3) is 0.176. The van der Waals surface area contributed by atoms with Gasteiger partial charge in [-0.3, -0.25) is 0 Å². The van der Waals surface area contributed by atoms with Crippen molar-refractivity contribution in [2.45, 2.75) is 20.8 Å². The number of fused-ring (bicyclic) bond motifs is 1. The number of hydrogen-bond donors (Lipinski definition) is 0. The van der Waals surface area contributed by atoms with E-state index in [4.69, 9.17) is 16.6 Å². The second-order valence-electron chi connectivity index (χ2n) is 5.22. The number of benzene rings is 2. The second-order valence-corrected chi connectivity index (χ2v) is 6.44. The molecule has 2 aromatic carbocycles. The minimum atomic E-state index is 0.491. The van der Waals surface area contributed by atoms with E-state index >= 15 is 0 Å². The number of halogens is 2. The number of nitrogens with zero attached hydrogens (tertiary/aromatic N) is 2. The predicted molar refractivity (Wildman–Crippen MR) is 91.9 cm³/mol. The first-order valence-corrected chi connectivity index (χ1v) is 7.84. The molecular formula is C17H14BrClN2. The zero-order chi connectivity index (χ0) is 15.1. The highest BCUT2D eigenvalue weighted by molar-refractivity contribution is 9.10. The second kappa shape index (κ2) is 5.39. The summed E-state index contributed by atoms with van der Waals surface area (Å²) in [6.07, 6.45) is 0. The summed E-state index contributed by atoms with van der Waals surface area (Å²) in [5, 5.41) is 1.37. The molecule has 0 saturated carbocycles. The van der Waals surface area contributed by atoms with Crippen molar-refractivity contribution < 1.29 is 0 Å². The molecule has 0 aliphatic rings. The average molecular weight is 362 g/mol. The van der Waals surface area contributed by atoms with E-state index in [1.165, 1.54) is 5.56 Å². The lowest BCUT2D eigenvalue weighted by atomic mass is 10.0. The molecular weight excluding hydrogens is 348 g/mol. The zero-order valence-electron chi connectivity index (χ0n) is 12.0. The molecule has 0 aliphatic heterocycles. The molecule has 2 nitrogen and oxygen atoms in total. The number of aromatic nitrogens is 2. The van der Waals surface area contributed by atoms with Crippen LogP contribution in [0.1, 0.15) is 16.7 Å². The van der Waals surface area contributed by atoms with E-state index in [-0.39, 0.29) is 0 Å². The molecule has 106 valence electrons. The van der Waals surface area contributed by atoms with Gasteiger partial charge in [-0.1, -0.05) is 51.3 Å². The smallest absolute Gasteiger partial charge is 0.161 e. The van der Waals surface area contributed by atoms with Gasteiger partial charge in [-0.05, 0) is 44.0 Å². The standard InChI is InChI=1S/C17H14BrClN2/c1-9-4-5-12(10(2)8-9)17-20-15-11(3)14(18)7-6-13(15)16(19)21-17/h4-8H,1-3H3. The van der Waals surface area contributed by atoms with E-state index in [1.807, 2.05) is 19.1 Å². The summed E-state index contributed by atoms with van der Waals surface area (Å²) in [5.74, 6) is 0.672. The molecule has 0 unspecified atom stereocenters. The molecule has 0 aliphatic carbocycles. The third-order valence-electron chi connectivity index (χ3n) is 3.63. The maximum Gasteiger partial charge on any atom is 0.161 e. The quantitative estimate of drug-likeness (QED) is 0.524. The Morgan fingerprint density at radius 3 is 2.48 bits per heavy atom. The fourth-order valence-electron chi connectivity index (χ4n) is 2.46. The van der Waals surface area contributed by atoms with E-state index in [2.05, 4.69) is 53.0 Å². The Labute approximate surface area is 137 Å². The third-order valence-corrected chi connectivity index (χ3v) is 4.78. The van der Waals surface area contributed by atoms with E-state index < -0.39 is 0 Å². The van der Waals surface area contributed by atoms with Crippen LogP contribution in [0.15, 0.2) is 34.8 Å². The first-order chi connectivity index (χ1) is 9.97. The van der Waals surface area contributed by atoms with Gasteiger partial charge in [0.2, 0.25) is 0 Å². The summed E-state index contributed by atoms with van der Waals surface area (Å²) in [5.41, 5.74) is 5.35. The minimum Gasteiger partial charge on any atom is -0.228 e. The summed E-state index contributed by atoms with van der Waals surface area (Å²) in [6, 6.07) is 10.2. The van der Waals surface area contributed by atoms with Gasteiger partial charge in [0.1, 0.15) is 5.15 Å². The molecule has 21 heavy (non-hydrogen) atoms. The third kappa shape index (κ3) is 2.56. The summed E-state index contributed by atoms with van der Waals surface area (Å²) < 4.78 is 1.02. The van der Waals surface area contributed by atoms with Gasteiger partial charge in [-0.25, -0.2) is 9.97 Å². The Balaban J connectivity index is 2.31. The Kier molecular flexibility index (Phi) is 3.72. The minimum absolute atomic E-state index is 0.491. The predicted octanol–water partition coefficient (Wildman–Crippen LogP) is 5.64. The molecule has 1 aromatic heterocycles. The van der Waals surface area contributed by atoms with E-state index in [0.717, 1.165) is 32.1 Å². The van der Waals surface area contributed by atoms with E-state index in [9.17, 15) is 0 Å². The molecule has 0 N–H and O–H groups in total. The van der Waals surface area contributed by atoms with Gasteiger partial charge in [0.15, 0.2) is 5.82 Å². The van der Waals surface area contributed by atoms with Crippen molar-refractivity contribution in [1.82, 2.24) is 9.97 Å². The van der Waals surface area contributed by atoms with E-state index in [1.54, 1.807) is 0 Å². The van der Waals surface area contributed by atoms with Crippen molar-refractivity contribution in [3.8, 4) is 11.4 Å². The van der Waals surface area contributed by atoms with Gasteiger partial charge < -0.3 is 0 Å². The average Bonchev–Trinajstić information content (AvgIpc) is 2.43. The Morgan fingerprint density at radius 2 is 1.76 bits per heavy atom. The Morgan fingerprint density at radius 1 is 1.00 bits per heavy atom. The van der Waals surface area contributed by atoms with Crippen molar-refractivity contribution in [2.24, 2.45) is 0 Å². The van der Waals surface area contributed by atoms with Crippen LogP contribution in [-0.4, -0.2) is 9.97 Å². The van der Waals surface area contributed by atoms with Crippen LogP contribution in [0.4, 0.5) is 0 Å². The summed E-state index contributed by atoms with van der Waals surface area (Å²) in [4.78, 5) is 9.20. The largest absolute Gasteiger partial charge is 0.228 e. The molecule has 4 heteroatoms. The van der Waals surface area contributed by atoms with Gasteiger partial charge in [0.05, 0.1) is 5.52 Å². The molecule has 1 heterocycles. The molecule has 3 aromatic rings. The molecule has 0 atom stereocenters. The first kappa shape index (κ1) is 14.5. The lowest BCUT2D eigenvalue weighted by Gasteiger charge is -2.10. The van der Waals surface area contributed by atoms with Crippen LogP contribution < -0.4 is 0 Å².